The lowest BCUT2D eigenvalue weighted by atomic mass is 10.1. The summed E-state index contributed by atoms with van der Waals surface area (Å²) >= 11 is 0. The van der Waals surface area contributed by atoms with Crippen LogP contribution < -0.4 is 5.32 Å². The molecule has 96 valence electrons. The number of phenolic OH excluding ortho intramolecular Hbond substituents is 3. The molecule has 5 N–H and O–H groups in total. The van der Waals surface area contributed by atoms with E-state index >= 15 is 0 Å². The molecule has 0 radical (unpaired) electrons. The van der Waals surface area contributed by atoms with Gasteiger partial charge in [-0.25, -0.2) is 4.98 Å². The van der Waals surface area contributed by atoms with E-state index < -0.39 is 5.75 Å². The molecule has 0 bridgehead atoms. The SMILES string of the molecule is Oc1ccc(CNCCc2ncc[nH]2)c(O)c1O. The Kier molecular flexibility index (Phi) is 3.69. The molecule has 0 amide bonds. The first-order chi connectivity index (χ1) is 8.68. The predicted molar refractivity (Wildman–Crippen MR) is 65.4 cm³/mol. The van der Waals surface area contributed by atoms with E-state index in [0.29, 0.717) is 18.7 Å². The van der Waals surface area contributed by atoms with Gasteiger partial charge in [0, 0.05) is 37.5 Å². The standard InChI is InChI=1S/C12H15N3O3/c16-9-2-1-8(11(17)12(9)18)7-13-4-3-10-14-5-6-15-10/h1-2,5-6,13,16-18H,3-4,7H2,(H,14,15). The summed E-state index contributed by atoms with van der Waals surface area (Å²) < 4.78 is 0. The average Bonchev–Trinajstić information content (AvgIpc) is 2.87. The normalized spacial score (nSPS) is 10.7. The molecule has 0 aliphatic heterocycles. The lowest BCUT2D eigenvalue weighted by Crippen LogP contribution is -2.17. The number of phenols is 3. The Balaban J connectivity index is 1.85. The molecule has 18 heavy (non-hydrogen) atoms. The summed E-state index contributed by atoms with van der Waals surface area (Å²) in [5.74, 6) is -0.215. The zero-order chi connectivity index (χ0) is 13.0. The maximum atomic E-state index is 9.59. The molecule has 2 aromatic rings. The number of aromatic hydroxyl groups is 3. The fraction of sp³-hybridized carbons (Fsp3) is 0.250. The van der Waals surface area contributed by atoms with Crippen LogP contribution in [0.5, 0.6) is 17.2 Å². The summed E-state index contributed by atoms with van der Waals surface area (Å²) in [6, 6.07) is 2.91. The van der Waals surface area contributed by atoms with Crippen molar-refractivity contribution in [1.82, 2.24) is 15.3 Å². The lowest BCUT2D eigenvalue weighted by molar-refractivity contribution is 0.364. The van der Waals surface area contributed by atoms with E-state index in [1.54, 1.807) is 18.5 Å². The third-order valence-corrected chi connectivity index (χ3v) is 2.62. The van der Waals surface area contributed by atoms with Gasteiger partial charge in [-0.3, -0.25) is 0 Å². The van der Waals surface area contributed by atoms with Gasteiger partial charge in [0.15, 0.2) is 11.5 Å². The van der Waals surface area contributed by atoms with Crippen molar-refractivity contribution in [2.45, 2.75) is 13.0 Å². The summed E-state index contributed by atoms with van der Waals surface area (Å²) in [6.07, 6.45) is 4.20. The molecule has 0 saturated heterocycles. The number of imidazole rings is 1. The van der Waals surface area contributed by atoms with Gasteiger partial charge in [0.1, 0.15) is 5.82 Å². The van der Waals surface area contributed by atoms with Gasteiger partial charge in [-0.05, 0) is 6.07 Å². The van der Waals surface area contributed by atoms with E-state index in [2.05, 4.69) is 15.3 Å². The van der Waals surface area contributed by atoms with E-state index in [9.17, 15) is 15.3 Å². The van der Waals surface area contributed by atoms with Crippen LogP contribution in [-0.2, 0) is 13.0 Å². The van der Waals surface area contributed by atoms with Gasteiger partial charge in [-0.15, -0.1) is 0 Å². The van der Waals surface area contributed by atoms with Gasteiger partial charge < -0.3 is 25.6 Å². The van der Waals surface area contributed by atoms with Crippen LogP contribution in [0.4, 0.5) is 0 Å². The first-order valence-corrected chi connectivity index (χ1v) is 5.60. The minimum absolute atomic E-state index is 0.291. The number of hydrogen-bond acceptors (Lipinski definition) is 5. The van der Waals surface area contributed by atoms with Crippen molar-refractivity contribution < 1.29 is 15.3 Å². The predicted octanol–water partition coefficient (Wildman–Crippen LogP) is 0.859. The Morgan fingerprint density at radius 3 is 2.72 bits per heavy atom. The van der Waals surface area contributed by atoms with Crippen LogP contribution in [0.15, 0.2) is 24.5 Å². The van der Waals surface area contributed by atoms with Gasteiger partial charge in [0.2, 0.25) is 5.75 Å². The summed E-state index contributed by atoms with van der Waals surface area (Å²) in [7, 11) is 0. The second kappa shape index (κ2) is 5.42. The second-order valence-corrected chi connectivity index (χ2v) is 3.90. The zero-order valence-electron chi connectivity index (χ0n) is 9.72. The number of benzene rings is 1. The van der Waals surface area contributed by atoms with Crippen LogP contribution in [0.2, 0.25) is 0 Å². The molecular weight excluding hydrogens is 234 g/mol. The maximum absolute atomic E-state index is 9.59. The number of nitrogens with one attached hydrogen (secondary N) is 2. The number of rotatable bonds is 5. The number of nitrogens with zero attached hydrogens (tertiary/aromatic N) is 1. The highest BCUT2D eigenvalue weighted by Gasteiger charge is 2.10. The minimum Gasteiger partial charge on any atom is -0.504 e. The lowest BCUT2D eigenvalue weighted by Gasteiger charge is -2.08. The van der Waals surface area contributed by atoms with Crippen molar-refractivity contribution in [2.75, 3.05) is 6.54 Å². The quantitative estimate of drug-likeness (QED) is 0.399. The van der Waals surface area contributed by atoms with Crippen LogP contribution in [0, 0.1) is 0 Å². The average molecular weight is 249 g/mol. The van der Waals surface area contributed by atoms with Crippen molar-refractivity contribution in [2.24, 2.45) is 0 Å². The zero-order valence-corrected chi connectivity index (χ0v) is 9.72. The summed E-state index contributed by atoms with van der Waals surface area (Å²) in [4.78, 5) is 7.08. The molecule has 6 nitrogen and oxygen atoms in total. The van der Waals surface area contributed by atoms with Crippen molar-refractivity contribution in [1.29, 1.82) is 0 Å². The van der Waals surface area contributed by atoms with Gasteiger partial charge in [-0.2, -0.15) is 0 Å². The molecule has 2 rings (SSSR count). The number of aromatic amines is 1. The molecule has 0 spiro atoms. The number of H-pyrrole nitrogens is 1. The van der Waals surface area contributed by atoms with Gasteiger partial charge in [0.25, 0.3) is 0 Å². The largest absolute Gasteiger partial charge is 0.504 e. The number of hydrogen-bond donors (Lipinski definition) is 5. The minimum atomic E-state index is -0.486. The molecule has 6 heteroatoms. The molecule has 0 aliphatic carbocycles. The van der Waals surface area contributed by atoms with E-state index in [0.717, 1.165) is 12.2 Å². The van der Waals surface area contributed by atoms with Gasteiger partial charge in [0.05, 0.1) is 0 Å². The Morgan fingerprint density at radius 2 is 2.00 bits per heavy atom. The summed E-state index contributed by atoms with van der Waals surface area (Å²) in [5, 5.41) is 31.2. The maximum Gasteiger partial charge on any atom is 0.200 e. The molecule has 1 heterocycles. The number of aromatic nitrogens is 2. The van der Waals surface area contributed by atoms with E-state index in [4.69, 9.17) is 0 Å². The molecule has 0 atom stereocenters. The van der Waals surface area contributed by atoms with E-state index in [1.807, 2.05) is 0 Å². The third kappa shape index (κ3) is 2.72. The highest BCUT2D eigenvalue weighted by molar-refractivity contribution is 5.52. The first kappa shape index (κ1) is 12.3. The van der Waals surface area contributed by atoms with Gasteiger partial charge >= 0.3 is 0 Å². The Hall–Kier alpha value is -2.21. The monoisotopic (exact) mass is 249 g/mol. The molecule has 0 aliphatic rings. The Morgan fingerprint density at radius 1 is 1.17 bits per heavy atom. The molecular formula is C12H15N3O3. The molecule has 1 aromatic heterocycles. The van der Waals surface area contributed by atoms with Crippen molar-refractivity contribution in [3.05, 3.63) is 35.9 Å². The third-order valence-electron chi connectivity index (χ3n) is 2.62. The van der Waals surface area contributed by atoms with Crippen LogP contribution in [0.25, 0.3) is 0 Å². The molecule has 0 unspecified atom stereocenters. The fourth-order valence-electron chi connectivity index (χ4n) is 1.62. The summed E-state index contributed by atoms with van der Waals surface area (Å²) in [5.41, 5.74) is 0.532. The van der Waals surface area contributed by atoms with Crippen molar-refractivity contribution >= 4 is 0 Å². The highest BCUT2D eigenvalue weighted by atomic mass is 16.3. The Labute approximate surface area is 104 Å². The van der Waals surface area contributed by atoms with Crippen LogP contribution in [0.1, 0.15) is 11.4 Å². The fourth-order valence-corrected chi connectivity index (χ4v) is 1.62. The highest BCUT2D eigenvalue weighted by Crippen LogP contribution is 2.36. The van der Waals surface area contributed by atoms with Gasteiger partial charge in [-0.1, -0.05) is 6.07 Å². The van der Waals surface area contributed by atoms with Crippen molar-refractivity contribution in [3.63, 3.8) is 0 Å². The molecule has 0 fully saturated rings. The Bertz CT molecular complexity index is 512. The van der Waals surface area contributed by atoms with Crippen LogP contribution in [-0.4, -0.2) is 31.8 Å². The second-order valence-electron chi connectivity index (χ2n) is 3.90. The van der Waals surface area contributed by atoms with Crippen LogP contribution in [0.3, 0.4) is 0 Å². The first-order valence-electron chi connectivity index (χ1n) is 5.60. The van der Waals surface area contributed by atoms with E-state index in [-0.39, 0.29) is 11.5 Å². The molecule has 1 aromatic carbocycles. The van der Waals surface area contributed by atoms with Crippen molar-refractivity contribution in [3.8, 4) is 17.2 Å². The van der Waals surface area contributed by atoms with Crippen LogP contribution >= 0.6 is 0 Å². The smallest absolute Gasteiger partial charge is 0.200 e. The summed E-state index contributed by atoms with van der Waals surface area (Å²) in [6.45, 7) is 1.09. The molecule has 0 saturated carbocycles. The van der Waals surface area contributed by atoms with E-state index in [1.165, 1.54) is 6.07 Å². The topological polar surface area (TPSA) is 101 Å².